The predicted octanol–water partition coefficient (Wildman–Crippen LogP) is 5.66. The van der Waals surface area contributed by atoms with E-state index in [0.29, 0.717) is 11.3 Å². The van der Waals surface area contributed by atoms with Crippen molar-refractivity contribution in [2.45, 2.75) is 6.92 Å². The summed E-state index contributed by atoms with van der Waals surface area (Å²) in [5, 5.41) is 3.78. The van der Waals surface area contributed by atoms with E-state index in [1.807, 2.05) is 43.3 Å². The van der Waals surface area contributed by atoms with Crippen molar-refractivity contribution in [1.29, 1.82) is 0 Å². The number of nitrogens with zero attached hydrogens (tertiary/aromatic N) is 1. The van der Waals surface area contributed by atoms with E-state index in [4.69, 9.17) is 0 Å². The number of amides is 1. The molecule has 0 spiro atoms. The number of hydrogen-bond acceptors (Lipinski definition) is 3. The molecule has 0 saturated heterocycles. The fourth-order valence-electron chi connectivity index (χ4n) is 2.76. The first-order valence-corrected chi connectivity index (χ1v) is 8.95. The Morgan fingerprint density at radius 2 is 1.88 bits per heavy atom. The van der Waals surface area contributed by atoms with E-state index in [2.05, 4.69) is 16.4 Å². The Morgan fingerprint density at radius 3 is 2.65 bits per heavy atom. The number of aryl methyl sites for hydroxylation is 1. The van der Waals surface area contributed by atoms with Crippen LogP contribution in [0.5, 0.6) is 0 Å². The molecule has 128 valence electrons. The van der Waals surface area contributed by atoms with Gasteiger partial charge in [-0.1, -0.05) is 18.2 Å². The van der Waals surface area contributed by atoms with Crippen LogP contribution in [0, 0.1) is 12.7 Å². The van der Waals surface area contributed by atoms with Crippen molar-refractivity contribution >= 4 is 33.1 Å². The zero-order valence-electron chi connectivity index (χ0n) is 14.0. The lowest BCUT2D eigenvalue weighted by Gasteiger charge is -2.09. The highest BCUT2D eigenvalue weighted by atomic mass is 32.1. The summed E-state index contributed by atoms with van der Waals surface area (Å²) in [6, 6.07) is 19.5. The summed E-state index contributed by atoms with van der Waals surface area (Å²) >= 11 is 1.64. The van der Waals surface area contributed by atoms with Crippen molar-refractivity contribution in [2.75, 3.05) is 5.32 Å². The van der Waals surface area contributed by atoms with E-state index in [1.165, 1.54) is 18.2 Å². The molecule has 0 atom stereocenters. The number of nitrogens with one attached hydrogen (secondary N) is 1. The van der Waals surface area contributed by atoms with Gasteiger partial charge >= 0.3 is 0 Å². The Labute approximate surface area is 154 Å². The average molecular weight is 362 g/mol. The van der Waals surface area contributed by atoms with E-state index < -0.39 is 5.82 Å². The lowest BCUT2D eigenvalue weighted by Crippen LogP contribution is -2.12. The van der Waals surface area contributed by atoms with Crippen LogP contribution in [0.3, 0.4) is 0 Å². The molecule has 4 rings (SSSR count). The van der Waals surface area contributed by atoms with Gasteiger partial charge in [0.25, 0.3) is 5.91 Å². The molecule has 1 N–H and O–H groups in total. The summed E-state index contributed by atoms with van der Waals surface area (Å²) in [5.41, 5.74) is 3.90. The van der Waals surface area contributed by atoms with Crippen molar-refractivity contribution in [2.24, 2.45) is 0 Å². The first-order chi connectivity index (χ1) is 12.6. The molecule has 0 bridgehead atoms. The van der Waals surface area contributed by atoms with Gasteiger partial charge in [0.1, 0.15) is 10.8 Å². The van der Waals surface area contributed by atoms with E-state index >= 15 is 0 Å². The van der Waals surface area contributed by atoms with Gasteiger partial charge in [0.05, 0.1) is 10.2 Å². The van der Waals surface area contributed by atoms with Gasteiger partial charge in [-0.05, 0) is 61.0 Å². The summed E-state index contributed by atoms with van der Waals surface area (Å²) in [5.74, 6) is -0.763. The van der Waals surface area contributed by atoms with Gasteiger partial charge in [-0.15, -0.1) is 11.3 Å². The van der Waals surface area contributed by atoms with Crippen LogP contribution in [0.1, 0.15) is 15.9 Å². The Balaban J connectivity index is 1.60. The smallest absolute Gasteiger partial charge is 0.255 e. The molecular formula is C21H15FN2OS. The number of anilines is 1. The summed E-state index contributed by atoms with van der Waals surface area (Å²) in [6.07, 6.45) is 0. The van der Waals surface area contributed by atoms with Crippen LogP contribution in [-0.4, -0.2) is 10.9 Å². The maximum Gasteiger partial charge on any atom is 0.255 e. The number of fused-ring (bicyclic) bond motifs is 1. The largest absolute Gasteiger partial charge is 0.322 e. The van der Waals surface area contributed by atoms with Crippen LogP contribution < -0.4 is 5.32 Å². The number of aromatic nitrogens is 1. The number of thiazole rings is 1. The molecule has 0 saturated carbocycles. The number of rotatable bonds is 3. The number of benzene rings is 3. The fourth-order valence-corrected chi connectivity index (χ4v) is 3.72. The lowest BCUT2D eigenvalue weighted by molar-refractivity contribution is 0.102. The Hall–Kier alpha value is -3.05. The third kappa shape index (κ3) is 3.21. The highest BCUT2D eigenvalue weighted by Gasteiger charge is 2.11. The molecule has 0 unspecified atom stereocenters. The third-order valence-corrected chi connectivity index (χ3v) is 5.19. The molecule has 1 heterocycles. The van der Waals surface area contributed by atoms with E-state index in [-0.39, 0.29) is 5.91 Å². The summed E-state index contributed by atoms with van der Waals surface area (Å²) in [4.78, 5) is 17.0. The van der Waals surface area contributed by atoms with Crippen molar-refractivity contribution in [1.82, 2.24) is 4.98 Å². The third-order valence-electron chi connectivity index (χ3n) is 4.10. The molecule has 0 aliphatic rings. The summed E-state index contributed by atoms with van der Waals surface area (Å²) < 4.78 is 14.4. The molecule has 0 fully saturated rings. The van der Waals surface area contributed by atoms with Gasteiger partial charge in [0.15, 0.2) is 0 Å². The van der Waals surface area contributed by atoms with Gasteiger partial charge in [-0.2, -0.15) is 0 Å². The molecule has 0 aliphatic heterocycles. The van der Waals surface area contributed by atoms with Gasteiger partial charge < -0.3 is 5.32 Å². The molecule has 0 aliphatic carbocycles. The van der Waals surface area contributed by atoms with Crippen LogP contribution in [-0.2, 0) is 0 Å². The van der Waals surface area contributed by atoms with Crippen molar-refractivity contribution in [3.05, 3.63) is 83.7 Å². The number of para-hydroxylation sites is 1. The molecule has 4 aromatic rings. The number of hydrogen-bond donors (Lipinski definition) is 1. The zero-order chi connectivity index (χ0) is 18.1. The van der Waals surface area contributed by atoms with E-state index in [9.17, 15) is 9.18 Å². The molecule has 0 radical (unpaired) electrons. The van der Waals surface area contributed by atoms with Crippen LogP contribution in [0.25, 0.3) is 20.8 Å². The SMILES string of the molecule is Cc1cc(-c2nc3ccccc3s2)ccc1NC(=O)c1cccc(F)c1. The molecule has 3 nitrogen and oxygen atoms in total. The molecule has 1 aromatic heterocycles. The van der Waals surface area contributed by atoms with Crippen LogP contribution in [0.2, 0.25) is 0 Å². The maximum atomic E-state index is 13.3. The highest BCUT2D eigenvalue weighted by Crippen LogP contribution is 2.32. The Kier molecular flexibility index (Phi) is 4.22. The van der Waals surface area contributed by atoms with E-state index in [1.54, 1.807) is 17.4 Å². The summed E-state index contributed by atoms with van der Waals surface area (Å²) in [6.45, 7) is 1.93. The number of halogens is 1. The van der Waals surface area contributed by atoms with Crippen molar-refractivity contribution < 1.29 is 9.18 Å². The van der Waals surface area contributed by atoms with Crippen LogP contribution in [0.15, 0.2) is 66.7 Å². The predicted molar refractivity (Wildman–Crippen MR) is 104 cm³/mol. The normalized spacial score (nSPS) is 10.8. The molecular weight excluding hydrogens is 347 g/mol. The molecule has 5 heteroatoms. The standard InChI is InChI=1S/C21H15FN2OS/c1-13-11-15(21-24-18-7-2-3-8-19(18)26-21)9-10-17(13)23-20(25)14-5-4-6-16(22)12-14/h2-12H,1H3,(H,23,25). The minimum Gasteiger partial charge on any atom is -0.322 e. The van der Waals surface area contributed by atoms with Gasteiger partial charge in [-0.3, -0.25) is 4.79 Å². The second-order valence-electron chi connectivity index (χ2n) is 5.98. The molecule has 26 heavy (non-hydrogen) atoms. The van der Waals surface area contributed by atoms with Crippen molar-refractivity contribution in [3.63, 3.8) is 0 Å². The molecule has 3 aromatic carbocycles. The quantitative estimate of drug-likeness (QED) is 0.511. The highest BCUT2D eigenvalue weighted by molar-refractivity contribution is 7.21. The van der Waals surface area contributed by atoms with Crippen LogP contribution in [0.4, 0.5) is 10.1 Å². The van der Waals surface area contributed by atoms with Crippen LogP contribution >= 0.6 is 11.3 Å². The second kappa shape index (κ2) is 6.69. The Bertz CT molecular complexity index is 1090. The van der Waals surface area contributed by atoms with Gasteiger partial charge in [0, 0.05) is 16.8 Å². The minimum atomic E-state index is -0.430. The monoisotopic (exact) mass is 362 g/mol. The summed E-state index contributed by atoms with van der Waals surface area (Å²) in [7, 11) is 0. The van der Waals surface area contributed by atoms with Gasteiger partial charge in [0.2, 0.25) is 0 Å². The minimum absolute atomic E-state index is 0.291. The first kappa shape index (κ1) is 16.4. The van der Waals surface area contributed by atoms with Crippen molar-refractivity contribution in [3.8, 4) is 10.6 Å². The lowest BCUT2D eigenvalue weighted by atomic mass is 10.1. The average Bonchev–Trinajstić information content (AvgIpc) is 3.07. The topological polar surface area (TPSA) is 42.0 Å². The maximum absolute atomic E-state index is 13.3. The van der Waals surface area contributed by atoms with Gasteiger partial charge in [-0.25, -0.2) is 9.37 Å². The molecule has 1 amide bonds. The Morgan fingerprint density at radius 1 is 1.04 bits per heavy atom. The second-order valence-corrected chi connectivity index (χ2v) is 7.01. The van der Waals surface area contributed by atoms with E-state index in [0.717, 1.165) is 26.4 Å². The number of carbonyl (C=O) groups excluding carboxylic acids is 1. The first-order valence-electron chi connectivity index (χ1n) is 8.14. The number of carbonyl (C=O) groups is 1. The zero-order valence-corrected chi connectivity index (χ0v) is 14.8. The fraction of sp³-hybridized carbons (Fsp3) is 0.0476.